The van der Waals surface area contributed by atoms with E-state index in [-0.39, 0.29) is 11.8 Å². The minimum atomic E-state index is -0.983. The molecule has 41 heavy (non-hydrogen) atoms. The zero-order valence-corrected chi connectivity index (χ0v) is 23.8. The van der Waals surface area contributed by atoms with Gasteiger partial charge in [0, 0.05) is 23.4 Å². The third kappa shape index (κ3) is 6.46. The molecule has 0 radical (unpaired) electrons. The van der Waals surface area contributed by atoms with Crippen LogP contribution >= 0.6 is 0 Å². The molecule has 0 saturated heterocycles. The van der Waals surface area contributed by atoms with Gasteiger partial charge in [-0.3, -0.25) is 9.59 Å². The van der Waals surface area contributed by atoms with Gasteiger partial charge in [-0.25, -0.2) is 0 Å². The Labute approximate surface area is 239 Å². The van der Waals surface area contributed by atoms with Crippen LogP contribution in [0.1, 0.15) is 12.0 Å². The van der Waals surface area contributed by atoms with Crippen molar-refractivity contribution in [3.63, 3.8) is 0 Å². The lowest BCUT2D eigenvalue weighted by molar-refractivity contribution is -0.123. The van der Waals surface area contributed by atoms with Gasteiger partial charge in [0.2, 0.25) is 11.7 Å². The summed E-state index contributed by atoms with van der Waals surface area (Å²) in [5, 5.41) is 5.91. The summed E-state index contributed by atoms with van der Waals surface area (Å²) in [6, 6.07) is 18.1. The highest BCUT2D eigenvalue weighted by Gasteiger charge is 2.38. The molecule has 1 aliphatic rings. The van der Waals surface area contributed by atoms with Crippen LogP contribution in [0.25, 0.3) is 0 Å². The molecule has 1 atom stereocenters. The molecule has 4 rings (SSSR count). The summed E-state index contributed by atoms with van der Waals surface area (Å²) in [4.78, 5) is 27.1. The Bertz CT molecular complexity index is 1440. The first-order valence-corrected chi connectivity index (χ1v) is 12.9. The van der Waals surface area contributed by atoms with Crippen molar-refractivity contribution >= 4 is 23.2 Å². The lowest BCUT2D eigenvalue weighted by Crippen LogP contribution is -2.38. The molecule has 9 heteroatoms. The summed E-state index contributed by atoms with van der Waals surface area (Å²) in [5.41, 5.74) is 1.44. The second-order valence-corrected chi connectivity index (χ2v) is 9.40. The molecule has 2 N–H and O–H groups in total. The van der Waals surface area contributed by atoms with Gasteiger partial charge in [0.1, 0.15) is 11.5 Å². The Morgan fingerprint density at radius 1 is 0.780 bits per heavy atom. The van der Waals surface area contributed by atoms with E-state index in [4.69, 9.17) is 23.7 Å². The van der Waals surface area contributed by atoms with E-state index in [0.717, 1.165) is 11.3 Å². The van der Waals surface area contributed by atoms with Crippen molar-refractivity contribution in [3.8, 4) is 28.7 Å². The molecule has 1 unspecified atom stereocenters. The molecular formula is C32H34N2O7. The Kier molecular flexibility index (Phi) is 9.19. The number of nitrogens with one attached hydrogen (secondary N) is 2. The number of hydrogen-bond acceptors (Lipinski definition) is 7. The van der Waals surface area contributed by atoms with Crippen molar-refractivity contribution in [1.29, 1.82) is 0 Å². The van der Waals surface area contributed by atoms with Crippen LogP contribution in [0.15, 0.2) is 84.5 Å². The number of hydrogen-bond donors (Lipinski definition) is 2. The van der Waals surface area contributed by atoms with Gasteiger partial charge < -0.3 is 34.3 Å². The molecule has 0 bridgehead atoms. The van der Waals surface area contributed by atoms with Crippen LogP contribution in [0.4, 0.5) is 11.4 Å². The summed E-state index contributed by atoms with van der Waals surface area (Å²) in [5.74, 6) is 1.99. The molecule has 1 aliphatic carbocycles. The van der Waals surface area contributed by atoms with E-state index in [1.807, 2.05) is 36.4 Å². The fourth-order valence-electron chi connectivity index (χ4n) is 4.68. The summed E-state index contributed by atoms with van der Waals surface area (Å²) < 4.78 is 26.9. The van der Waals surface area contributed by atoms with Gasteiger partial charge in [0.15, 0.2) is 11.5 Å². The quantitative estimate of drug-likeness (QED) is 0.324. The molecule has 0 saturated carbocycles. The second-order valence-electron chi connectivity index (χ2n) is 9.40. The average molecular weight is 559 g/mol. The van der Waals surface area contributed by atoms with E-state index < -0.39 is 5.41 Å². The normalized spacial score (nSPS) is 15.8. The highest BCUT2D eigenvalue weighted by Crippen LogP contribution is 2.41. The van der Waals surface area contributed by atoms with Gasteiger partial charge in [-0.2, -0.15) is 0 Å². The highest BCUT2D eigenvalue weighted by atomic mass is 16.5. The number of carbonyl (C=O) groups excluding carboxylic acids is 2. The van der Waals surface area contributed by atoms with Gasteiger partial charge >= 0.3 is 0 Å². The SMILES string of the molecule is COc1ccc(CC2(C(=O)Nc3cc(OC)c(OC)c(OC)c3)C=CC(C(=O)Nc3ccccc3OC)=CC2)cc1. The predicted molar refractivity (Wildman–Crippen MR) is 157 cm³/mol. The van der Waals surface area contributed by atoms with Crippen molar-refractivity contribution in [2.75, 3.05) is 46.2 Å². The van der Waals surface area contributed by atoms with Crippen LogP contribution in [0, 0.1) is 5.41 Å². The van der Waals surface area contributed by atoms with E-state index >= 15 is 0 Å². The molecule has 3 aromatic carbocycles. The second kappa shape index (κ2) is 13.0. The summed E-state index contributed by atoms with van der Waals surface area (Å²) in [6.07, 6.45) is 5.94. The van der Waals surface area contributed by atoms with Crippen molar-refractivity contribution in [1.82, 2.24) is 0 Å². The first-order chi connectivity index (χ1) is 19.9. The first-order valence-electron chi connectivity index (χ1n) is 12.9. The van der Waals surface area contributed by atoms with E-state index in [0.29, 0.717) is 52.8 Å². The Hall–Kier alpha value is -4.92. The zero-order chi connectivity index (χ0) is 29.4. The number of para-hydroxylation sites is 2. The Balaban J connectivity index is 1.62. The van der Waals surface area contributed by atoms with Gasteiger partial charge in [-0.05, 0) is 42.7 Å². The molecular weight excluding hydrogens is 524 g/mol. The van der Waals surface area contributed by atoms with Crippen LogP contribution in [-0.4, -0.2) is 47.4 Å². The van der Waals surface area contributed by atoms with Crippen molar-refractivity contribution in [2.24, 2.45) is 5.41 Å². The number of carbonyl (C=O) groups is 2. The molecule has 0 spiro atoms. The van der Waals surface area contributed by atoms with Crippen molar-refractivity contribution in [3.05, 3.63) is 90.0 Å². The number of rotatable bonds is 11. The average Bonchev–Trinajstić information content (AvgIpc) is 3.01. The van der Waals surface area contributed by atoms with Crippen LogP contribution in [0.3, 0.4) is 0 Å². The molecule has 3 aromatic rings. The number of methoxy groups -OCH3 is 5. The standard InChI is InChI=1S/C32H34N2O7/c1-37-24-12-10-21(11-13-24)20-32(31(36)33-23-18-27(39-3)29(41-5)28(19-23)40-4)16-14-22(15-17-32)30(35)34-25-8-6-7-9-26(25)38-2/h6-16,18-19H,17,20H2,1-5H3,(H,33,36)(H,34,35). The monoisotopic (exact) mass is 558 g/mol. The minimum absolute atomic E-state index is 0.251. The first kappa shape index (κ1) is 29.1. The van der Waals surface area contributed by atoms with Gasteiger partial charge in [0.05, 0.1) is 46.7 Å². The predicted octanol–water partition coefficient (Wildman–Crippen LogP) is 5.42. The third-order valence-corrected chi connectivity index (χ3v) is 6.94. The lowest BCUT2D eigenvalue weighted by Gasteiger charge is -2.31. The summed E-state index contributed by atoms with van der Waals surface area (Å²) >= 11 is 0. The fraction of sp³-hybridized carbons (Fsp3) is 0.250. The van der Waals surface area contributed by atoms with Crippen molar-refractivity contribution in [2.45, 2.75) is 12.8 Å². The lowest BCUT2D eigenvalue weighted by atomic mass is 9.74. The van der Waals surface area contributed by atoms with Crippen LogP contribution in [0.5, 0.6) is 28.7 Å². The van der Waals surface area contributed by atoms with Gasteiger partial charge in [-0.1, -0.05) is 42.5 Å². The van der Waals surface area contributed by atoms with Crippen LogP contribution in [0.2, 0.25) is 0 Å². The minimum Gasteiger partial charge on any atom is -0.497 e. The number of benzene rings is 3. The molecule has 0 fully saturated rings. The highest BCUT2D eigenvalue weighted by molar-refractivity contribution is 6.07. The van der Waals surface area contributed by atoms with E-state index in [9.17, 15) is 9.59 Å². The Morgan fingerprint density at radius 3 is 2.00 bits per heavy atom. The molecule has 9 nitrogen and oxygen atoms in total. The number of anilines is 2. The van der Waals surface area contributed by atoms with E-state index in [1.54, 1.807) is 56.7 Å². The number of allylic oxidation sites excluding steroid dienone is 1. The smallest absolute Gasteiger partial charge is 0.255 e. The molecule has 214 valence electrons. The number of amides is 2. The maximum Gasteiger partial charge on any atom is 0.255 e. The fourth-order valence-corrected chi connectivity index (χ4v) is 4.68. The maximum absolute atomic E-state index is 14.0. The molecule has 0 heterocycles. The summed E-state index contributed by atoms with van der Waals surface area (Å²) in [7, 11) is 7.70. The van der Waals surface area contributed by atoms with E-state index in [2.05, 4.69) is 10.6 Å². The van der Waals surface area contributed by atoms with Crippen LogP contribution in [-0.2, 0) is 16.0 Å². The maximum atomic E-state index is 14.0. The molecule has 0 aromatic heterocycles. The Morgan fingerprint density at radius 2 is 1.44 bits per heavy atom. The molecule has 2 amide bonds. The topological polar surface area (TPSA) is 104 Å². The largest absolute Gasteiger partial charge is 0.497 e. The third-order valence-electron chi connectivity index (χ3n) is 6.94. The van der Waals surface area contributed by atoms with Gasteiger partial charge in [0.25, 0.3) is 5.91 Å². The number of ether oxygens (including phenoxy) is 5. The van der Waals surface area contributed by atoms with Crippen LogP contribution < -0.4 is 34.3 Å². The van der Waals surface area contributed by atoms with Crippen molar-refractivity contribution < 1.29 is 33.3 Å². The van der Waals surface area contributed by atoms with E-state index in [1.165, 1.54) is 21.3 Å². The summed E-state index contributed by atoms with van der Waals surface area (Å²) in [6.45, 7) is 0. The zero-order valence-electron chi connectivity index (χ0n) is 23.8. The molecule has 0 aliphatic heterocycles. The van der Waals surface area contributed by atoms with Gasteiger partial charge in [-0.15, -0.1) is 0 Å².